The first-order valence-electron chi connectivity index (χ1n) is 9.54. The SMILES string of the molecule is O=C(Nc1ccc(/C=C(/C(=O)c2ccc(Cl)cc2Cl)n2cncn2)cc1)c1ccccc1. The van der Waals surface area contributed by atoms with E-state index in [9.17, 15) is 9.59 Å². The number of nitrogens with zero attached hydrogens (tertiary/aromatic N) is 3. The molecule has 0 spiro atoms. The molecule has 6 nitrogen and oxygen atoms in total. The van der Waals surface area contributed by atoms with Gasteiger partial charge >= 0.3 is 0 Å². The highest BCUT2D eigenvalue weighted by Gasteiger charge is 2.18. The number of allylic oxidation sites excluding steroid dienone is 1. The Morgan fingerprint density at radius 1 is 0.938 bits per heavy atom. The van der Waals surface area contributed by atoms with E-state index in [0.29, 0.717) is 21.8 Å². The van der Waals surface area contributed by atoms with Crippen molar-refractivity contribution in [2.24, 2.45) is 0 Å². The highest BCUT2D eigenvalue weighted by Crippen LogP contribution is 2.26. The van der Waals surface area contributed by atoms with Gasteiger partial charge in [-0.15, -0.1) is 0 Å². The third-order valence-electron chi connectivity index (χ3n) is 4.58. The van der Waals surface area contributed by atoms with Gasteiger partial charge in [0, 0.05) is 21.8 Å². The third kappa shape index (κ3) is 4.94. The van der Waals surface area contributed by atoms with Gasteiger partial charge in [0.15, 0.2) is 0 Å². The molecule has 4 rings (SSSR count). The highest BCUT2D eigenvalue weighted by atomic mass is 35.5. The molecule has 1 aromatic heterocycles. The number of ketones is 1. The lowest BCUT2D eigenvalue weighted by molar-refractivity contribution is 0.102. The van der Waals surface area contributed by atoms with E-state index < -0.39 is 0 Å². The molecule has 0 atom stereocenters. The molecule has 0 aliphatic rings. The first-order chi connectivity index (χ1) is 15.5. The van der Waals surface area contributed by atoms with Crippen LogP contribution in [0.4, 0.5) is 5.69 Å². The Morgan fingerprint density at radius 2 is 1.69 bits per heavy atom. The van der Waals surface area contributed by atoms with E-state index >= 15 is 0 Å². The van der Waals surface area contributed by atoms with Gasteiger partial charge in [-0.1, -0.05) is 53.5 Å². The van der Waals surface area contributed by atoms with Gasteiger partial charge in [0.1, 0.15) is 18.4 Å². The van der Waals surface area contributed by atoms with Crippen LogP contribution in [0.1, 0.15) is 26.3 Å². The van der Waals surface area contributed by atoms with Crippen LogP contribution in [0, 0.1) is 0 Å². The van der Waals surface area contributed by atoms with Crippen molar-refractivity contribution in [2.45, 2.75) is 0 Å². The number of hydrogen-bond acceptors (Lipinski definition) is 4. The maximum atomic E-state index is 13.2. The summed E-state index contributed by atoms with van der Waals surface area (Å²) in [5.41, 5.74) is 2.48. The number of Topliss-reactive ketones (excluding diaryl/α,β-unsaturated/α-hetero) is 1. The van der Waals surface area contributed by atoms with Crippen molar-refractivity contribution in [1.29, 1.82) is 0 Å². The fourth-order valence-corrected chi connectivity index (χ4v) is 3.49. The summed E-state index contributed by atoms with van der Waals surface area (Å²) in [5.74, 6) is -0.539. The topological polar surface area (TPSA) is 76.9 Å². The van der Waals surface area contributed by atoms with Crippen molar-refractivity contribution in [2.75, 3.05) is 5.32 Å². The number of rotatable bonds is 6. The molecule has 4 aromatic rings. The molecule has 0 fully saturated rings. The van der Waals surface area contributed by atoms with Crippen LogP contribution in [0.5, 0.6) is 0 Å². The molecule has 0 unspecified atom stereocenters. The Morgan fingerprint density at radius 3 is 2.34 bits per heavy atom. The Kier molecular flexibility index (Phi) is 6.44. The van der Waals surface area contributed by atoms with Crippen LogP contribution in [0.3, 0.4) is 0 Å². The number of nitrogens with one attached hydrogen (secondary N) is 1. The summed E-state index contributed by atoms with van der Waals surface area (Å²) in [4.78, 5) is 29.5. The number of anilines is 1. The zero-order valence-corrected chi connectivity index (χ0v) is 18.1. The molecule has 0 bridgehead atoms. The average Bonchev–Trinajstić information content (AvgIpc) is 3.33. The summed E-state index contributed by atoms with van der Waals surface area (Å²) in [5, 5.41) is 7.61. The standard InChI is InChI=1S/C24H16Cl2N4O2/c25-18-8-11-20(21(26)13-18)23(31)22(30-15-27-14-28-30)12-16-6-9-19(10-7-16)29-24(32)17-4-2-1-3-5-17/h1-15H,(H,29,32)/b22-12-. The van der Waals surface area contributed by atoms with Gasteiger partial charge in [-0.05, 0) is 54.1 Å². The van der Waals surface area contributed by atoms with E-state index in [1.54, 1.807) is 66.7 Å². The Hall–Kier alpha value is -3.74. The van der Waals surface area contributed by atoms with Crippen LogP contribution in [0.25, 0.3) is 11.8 Å². The van der Waals surface area contributed by atoms with Crippen molar-refractivity contribution >= 4 is 52.4 Å². The van der Waals surface area contributed by atoms with Crippen molar-refractivity contribution in [3.63, 3.8) is 0 Å². The number of benzene rings is 3. The van der Waals surface area contributed by atoms with E-state index in [4.69, 9.17) is 23.2 Å². The van der Waals surface area contributed by atoms with Crippen molar-refractivity contribution in [3.8, 4) is 0 Å². The van der Waals surface area contributed by atoms with Crippen LogP contribution < -0.4 is 5.32 Å². The summed E-state index contributed by atoms with van der Waals surface area (Å²) < 4.78 is 1.37. The number of hydrogen-bond donors (Lipinski definition) is 1. The zero-order chi connectivity index (χ0) is 22.5. The Balaban J connectivity index is 1.61. The lowest BCUT2D eigenvalue weighted by Gasteiger charge is -2.09. The monoisotopic (exact) mass is 462 g/mol. The van der Waals surface area contributed by atoms with Crippen LogP contribution in [-0.2, 0) is 0 Å². The van der Waals surface area contributed by atoms with Crippen LogP contribution in [0.2, 0.25) is 10.0 Å². The molecule has 0 saturated carbocycles. The lowest BCUT2D eigenvalue weighted by atomic mass is 10.1. The molecule has 0 radical (unpaired) electrons. The molecule has 32 heavy (non-hydrogen) atoms. The predicted molar refractivity (Wildman–Crippen MR) is 126 cm³/mol. The van der Waals surface area contributed by atoms with Gasteiger partial charge in [-0.2, -0.15) is 5.10 Å². The normalized spacial score (nSPS) is 11.2. The molecule has 1 N–H and O–H groups in total. The number of carbonyl (C=O) groups is 2. The quantitative estimate of drug-likeness (QED) is 0.293. The largest absolute Gasteiger partial charge is 0.322 e. The minimum Gasteiger partial charge on any atom is -0.322 e. The summed E-state index contributed by atoms with van der Waals surface area (Å²) >= 11 is 12.2. The molecular formula is C24H16Cl2N4O2. The highest BCUT2D eigenvalue weighted by molar-refractivity contribution is 6.40. The first-order valence-corrected chi connectivity index (χ1v) is 10.3. The van der Waals surface area contributed by atoms with Gasteiger partial charge in [-0.3, -0.25) is 9.59 Å². The van der Waals surface area contributed by atoms with Crippen LogP contribution >= 0.6 is 23.2 Å². The van der Waals surface area contributed by atoms with E-state index in [0.717, 1.165) is 5.56 Å². The summed E-state index contributed by atoms with van der Waals surface area (Å²) in [7, 11) is 0. The number of halogens is 2. The average molecular weight is 463 g/mol. The molecule has 0 saturated heterocycles. The summed E-state index contributed by atoms with van der Waals surface area (Å²) in [6.07, 6.45) is 4.44. The van der Waals surface area contributed by atoms with Gasteiger partial charge in [-0.25, -0.2) is 9.67 Å². The molecule has 8 heteroatoms. The van der Waals surface area contributed by atoms with Crippen molar-refractivity contribution < 1.29 is 9.59 Å². The van der Waals surface area contributed by atoms with Crippen LogP contribution in [0.15, 0.2) is 85.5 Å². The molecule has 1 heterocycles. The minimum absolute atomic E-state index is 0.204. The molecule has 0 aliphatic heterocycles. The van der Waals surface area contributed by atoms with E-state index in [-0.39, 0.29) is 22.4 Å². The maximum absolute atomic E-state index is 13.2. The third-order valence-corrected chi connectivity index (χ3v) is 5.13. The second-order valence-corrected chi connectivity index (χ2v) is 7.61. The van der Waals surface area contributed by atoms with Gasteiger partial charge in [0.2, 0.25) is 5.78 Å². The Bertz CT molecular complexity index is 1290. The zero-order valence-electron chi connectivity index (χ0n) is 16.6. The van der Waals surface area contributed by atoms with Gasteiger partial charge < -0.3 is 5.32 Å². The van der Waals surface area contributed by atoms with Crippen molar-refractivity contribution in [1.82, 2.24) is 14.8 Å². The van der Waals surface area contributed by atoms with E-state index in [2.05, 4.69) is 15.4 Å². The molecule has 158 valence electrons. The number of carbonyl (C=O) groups excluding carboxylic acids is 2. The van der Waals surface area contributed by atoms with Crippen molar-refractivity contribution in [3.05, 3.63) is 112 Å². The number of aromatic nitrogens is 3. The first kappa shape index (κ1) is 21.5. The second-order valence-electron chi connectivity index (χ2n) is 6.77. The Labute approximate surface area is 194 Å². The summed E-state index contributed by atoms with van der Waals surface area (Å²) in [6.45, 7) is 0. The minimum atomic E-state index is -0.335. The lowest BCUT2D eigenvalue weighted by Crippen LogP contribution is -2.11. The predicted octanol–water partition coefficient (Wildman–Crippen LogP) is 5.72. The maximum Gasteiger partial charge on any atom is 0.255 e. The molecule has 1 amide bonds. The molecular weight excluding hydrogens is 447 g/mol. The van der Waals surface area contributed by atoms with Gasteiger partial charge in [0.25, 0.3) is 5.91 Å². The molecule has 3 aromatic carbocycles. The van der Waals surface area contributed by atoms with Crippen LogP contribution in [-0.4, -0.2) is 26.5 Å². The summed E-state index contributed by atoms with van der Waals surface area (Å²) in [6, 6.07) is 20.7. The van der Waals surface area contributed by atoms with Gasteiger partial charge in [0.05, 0.1) is 5.02 Å². The fourth-order valence-electron chi connectivity index (χ4n) is 2.99. The smallest absolute Gasteiger partial charge is 0.255 e. The number of amides is 1. The second kappa shape index (κ2) is 9.60. The van der Waals surface area contributed by atoms with E-state index in [1.807, 2.05) is 6.07 Å². The van der Waals surface area contributed by atoms with E-state index in [1.165, 1.54) is 23.4 Å². The fraction of sp³-hybridized carbons (Fsp3) is 0. The molecule has 0 aliphatic carbocycles.